The molecule has 0 amide bonds. The van der Waals surface area contributed by atoms with Gasteiger partial charge in [-0.1, -0.05) is 30.3 Å². The van der Waals surface area contributed by atoms with Crippen LogP contribution in [0.1, 0.15) is 50.2 Å². The predicted octanol–water partition coefficient (Wildman–Crippen LogP) is 3.80. The quantitative estimate of drug-likeness (QED) is 0.207. The lowest BCUT2D eigenvalue weighted by atomic mass is 10.0. The van der Waals surface area contributed by atoms with Gasteiger partial charge in [0.25, 0.3) is 0 Å². The van der Waals surface area contributed by atoms with Crippen molar-refractivity contribution in [2.75, 3.05) is 20.1 Å². The van der Waals surface area contributed by atoms with Gasteiger partial charge in [-0.2, -0.15) is 5.10 Å². The molecule has 7 heteroatoms. The molecule has 1 atom stereocenters. The summed E-state index contributed by atoms with van der Waals surface area (Å²) in [5, 5.41) is 15.0. The SMILES string of the molecule is CN=C(NCCCn1nc(C)cc1C)NCC(C)(C)NC(C)c1ccccc1.I. The van der Waals surface area contributed by atoms with Gasteiger partial charge in [-0.05, 0) is 52.7 Å². The second kappa shape index (κ2) is 12.2. The highest BCUT2D eigenvalue weighted by molar-refractivity contribution is 14.0. The van der Waals surface area contributed by atoms with Gasteiger partial charge in [0.1, 0.15) is 0 Å². The molecule has 0 fully saturated rings. The lowest BCUT2D eigenvalue weighted by Crippen LogP contribution is -2.52. The van der Waals surface area contributed by atoms with Crippen LogP contribution in [0, 0.1) is 13.8 Å². The summed E-state index contributed by atoms with van der Waals surface area (Å²) in [4.78, 5) is 4.34. The van der Waals surface area contributed by atoms with E-state index in [-0.39, 0.29) is 35.6 Å². The van der Waals surface area contributed by atoms with E-state index in [0.29, 0.717) is 0 Å². The number of nitrogens with one attached hydrogen (secondary N) is 3. The summed E-state index contributed by atoms with van der Waals surface area (Å²) in [6.07, 6.45) is 0.995. The molecular formula is C22H37IN6. The number of guanidine groups is 1. The molecule has 0 saturated carbocycles. The molecule has 1 unspecified atom stereocenters. The molecule has 2 aromatic rings. The van der Waals surface area contributed by atoms with Crippen LogP contribution < -0.4 is 16.0 Å². The first kappa shape index (κ1) is 25.4. The fourth-order valence-corrected chi connectivity index (χ4v) is 3.32. The minimum atomic E-state index is -0.0728. The highest BCUT2D eigenvalue weighted by Gasteiger charge is 2.21. The van der Waals surface area contributed by atoms with Crippen LogP contribution >= 0.6 is 24.0 Å². The van der Waals surface area contributed by atoms with E-state index in [2.05, 4.69) is 88.8 Å². The van der Waals surface area contributed by atoms with Crippen molar-refractivity contribution in [1.82, 2.24) is 25.7 Å². The van der Waals surface area contributed by atoms with Crippen LogP contribution in [0.4, 0.5) is 0 Å². The van der Waals surface area contributed by atoms with E-state index >= 15 is 0 Å². The van der Waals surface area contributed by atoms with Crippen LogP contribution in [0.5, 0.6) is 0 Å². The summed E-state index contributed by atoms with van der Waals surface area (Å²) < 4.78 is 2.06. The summed E-state index contributed by atoms with van der Waals surface area (Å²) in [7, 11) is 1.81. The molecule has 29 heavy (non-hydrogen) atoms. The smallest absolute Gasteiger partial charge is 0.191 e. The molecule has 3 N–H and O–H groups in total. The molecule has 162 valence electrons. The lowest BCUT2D eigenvalue weighted by Gasteiger charge is -2.31. The van der Waals surface area contributed by atoms with Crippen LogP contribution in [-0.4, -0.2) is 41.4 Å². The second-order valence-corrected chi connectivity index (χ2v) is 8.02. The first-order valence-electron chi connectivity index (χ1n) is 10.1. The number of aliphatic imine (C=N–C) groups is 1. The first-order chi connectivity index (χ1) is 13.3. The fraction of sp³-hybridized carbons (Fsp3) is 0.545. The maximum Gasteiger partial charge on any atom is 0.191 e. The Morgan fingerprint density at radius 3 is 2.45 bits per heavy atom. The Kier molecular flexibility index (Phi) is 10.7. The zero-order valence-electron chi connectivity index (χ0n) is 18.6. The van der Waals surface area contributed by atoms with Gasteiger partial charge in [0.05, 0.1) is 5.69 Å². The van der Waals surface area contributed by atoms with E-state index in [1.54, 1.807) is 0 Å². The minimum Gasteiger partial charge on any atom is -0.356 e. The standard InChI is InChI=1S/C22H36N6.HI/c1-17-15-18(2)28(27-17)14-10-13-24-21(23-6)25-16-22(4,5)26-19(3)20-11-8-7-9-12-20;/h7-9,11-12,15,19,26H,10,13-14,16H2,1-6H3,(H2,23,24,25);1H. The van der Waals surface area contributed by atoms with Crippen molar-refractivity contribution in [3.8, 4) is 0 Å². The van der Waals surface area contributed by atoms with Crippen molar-refractivity contribution in [2.24, 2.45) is 4.99 Å². The minimum absolute atomic E-state index is 0. The summed E-state index contributed by atoms with van der Waals surface area (Å²) in [6, 6.07) is 12.9. The molecule has 1 aromatic carbocycles. The third kappa shape index (κ3) is 8.74. The predicted molar refractivity (Wildman–Crippen MR) is 133 cm³/mol. The summed E-state index contributed by atoms with van der Waals surface area (Å²) >= 11 is 0. The number of hydrogen-bond donors (Lipinski definition) is 3. The Morgan fingerprint density at radius 1 is 1.17 bits per heavy atom. The van der Waals surface area contributed by atoms with Gasteiger partial charge in [-0.3, -0.25) is 9.67 Å². The molecule has 0 aliphatic carbocycles. The maximum atomic E-state index is 4.50. The Hall–Kier alpha value is -1.61. The van der Waals surface area contributed by atoms with E-state index in [0.717, 1.165) is 37.7 Å². The van der Waals surface area contributed by atoms with Crippen molar-refractivity contribution in [3.05, 3.63) is 53.3 Å². The Morgan fingerprint density at radius 2 is 1.86 bits per heavy atom. The number of nitrogens with zero attached hydrogens (tertiary/aromatic N) is 3. The molecular weight excluding hydrogens is 475 g/mol. The van der Waals surface area contributed by atoms with Crippen LogP contribution in [0.3, 0.4) is 0 Å². The highest BCUT2D eigenvalue weighted by atomic mass is 127. The number of aryl methyl sites for hydroxylation is 3. The van der Waals surface area contributed by atoms with Crippen molar-refractivity contribution in [1.29, 1.82) is 0 Å². The summed E-state index contributed by atoms with van der Waals surface area (Å²) in [5.41, 5.74) is 3.50. The van der Waals surface area contributed by atoms with Gasteiger partial charge < -0.3 is 16.0 Å². The van der Waals surface area contributed by atoms with Gasteiger partial charge in [0, 0.05) is 44.0 Å². The largest absolute Gasteiger partial charge is 0.356 e. The number of hydrogen-bond acceptors (Lipinski definition) is 3. The molecule has 0 bridgehead atoms. The second-order valence-electron chi connectivity index (χ2n) is 8.02. The van der Waals surface area contributed by atoms with Crippen molar-refractivity contribution < 1.29 is 0 Å². The van der Waals surface area contributed by atoms with Gasteiger partial charge in [0.15, 0.2) is 5.96 Å². The third-order valence-electron chi connectivity index (χ3n) is 4.77. The van der Waals surface area contributed by atoms with E-state index in [9.17, 15) is 0 Å². The zero-order valence-corrected chi connectivity index (χ0v) is 21.0. The van der Waals surface area contributed by atoms with Crippen LogP contribution in [0.2, 0.25) is 0 Å². The lowest BCUT2D eigenvalue weighted by molar-refractivity contribution is 0.344. The maximum absolute atomic E-state index is 4.50. The molecule has 1 heterocycles. The zero-order chi connectivity index (χ0) is 20.6. The fourth-order valence-electron chi connectivity index (χ4n) is 3.32. The van der Waals surface area contributed by atoms with Gasteiger partial charge in [-0.25, -0.2) is 0 Å². The summed E-state index contributed by atoms with van der Waals surface area (Å²) in [6.45, 7) is 13.3. The van der Waals surface area contributed by atoms with E-state index in [1.165, 1.54) is 11.3 Å². The molecule has 0 aliphatic rings. The molecule has 0 aliphatic heterocycles. The molecule has 6 nitrogen and oxygen atoms in total. The average molecular weight is 512 g/mol. The average Bonchev–Trinajstić information content (AvgIpc) is 2.98. The van der Waals surface area contributed by atoms with Crippen molar-refractivity contribution >= 4 is 29.9 Å². The topological polar surface area (TPSA) is 66.3 Å². The molecule has 1 aromatic heterocycles. The normalized spacial score (nSPS) is 13.0. The summed E-state index contributed by atoms with van der Waals surface area (Å²) in [5.74, 6) is 0.829. The van der Waals surface area contributed by atoms with Crippen LogP contribution in [0.25, 0.3) is 0 Å². The monoisotopic (exact) mass is 512 g/mol. The number of halogens is 1. The van der Waals surface area contributed by atoms with Gasteiger partial charge in [0.2, 0.25) is 0 Å². The Labute approximate surface area is 193 Å². The molecule has 0 saturated heterocycles. The van der Waals surface area contributed by atoms with E-state index < -0.39 is 0 Å². The van der Waals surface area contributed by atoms with Gasteiger partial charge >= 0.3 is 0 Å². The van der Waals surface area contributed by atoms with E-state index in [1.807, 2.05) is 20.0 Å². The molecule has 2 rings (SSSR count). The third-order valence-corrected chi connectivity index (χ3v) is 4.77. The van der Waals surface area contributed by atoms with Crippen LogP contribution in [0.15, 0.2) is 41.4 Å². The van der Waals surface area contributed by atoms with Crippen LogP contribution in [-0.2, 0) is 6.54 Å². The van der Waals surface area contributed by atoms with Crippen molar-refractivity contribution in [2.45, 2.75) is 59.2 Å². The Balaban J connectivity index is 0.00000420. The number of rotatable bonds is 9. The highest BCUT2D eigenvalue weighted by Crippen LogP contribution is 2.15. The molecule has 0 radical (unpaired) electrons. The Bertz CT molecular complexity index is 754. The molecule has 0 spiro atoms. The number of aromatic nitrogens is 2. The number of benzene rings is 1. The van der Waals surface area contributed by atoms with Crippen molar-refractivity contribution in [3.63, 3.8) is 0 Å². The van der Waals surface area contributed by atoms with Gasteiger partial charge in [-0.15, -0.1) is 24.0 Å². The van der Waals surface area contributed by atoms with E-state index in [4.69, 9.17) is 0 Å². The first-order valence-corrected chi connectivity index (χ1v) is 10.1.